The molecular formula is C17H24N2O2. The molecule has 0 aromatic heterocycles. The largest absolute Gasteiger partial charge is 0.491 e. The minimum Gasteiger partial charge on any atom is -0.491 e. The number of carbonyl (C=O) groups excluding carboxylic acids is 1. The van der Waals surface area contributed by atoms with Crippen molar-refractivity contribution in [1.82, 2.24) is 10.2 Å². The van der Waals surface area contributed by atoms with E-state index in [1.54, 1.807) is 0 Å². The van der Waals surface area contributed by atoms with E-state index in [4.69, 9.17) is 4.74 Å². The molecule has 1 N–H and O–H groups in total. The number of hydrogen-bond donors (Lipinski definition) is 1. The molecule has 1 fully saturated rings. The van der Waals surface area contributed by atoms with Crippen LogP contribution in [0.4, 0.5) is 0 Å². The summed E-state index contributed by atoms with van der Waals surface area (Å²) >= 11 is 0. The normalized spacial score (nSPS) is 19.7. The molecule has 4 heteroatoms. The molecule has 4 nitrogen and oxygen atoms in total. The lowest BCUT2D eigenvalue weighted by molar-refractivity contribution is 0.0733. The smallest absolute Gasteiger partial charge is 0.257 e. The zero-order chi connectivity index (χ0) is 14.7. The van der Waals surface area contributed by atoms with Gasteiger partial charge in [-0.1, -0.05) is 19.1 Å². The van der Waals surface area contributed by atoms with E-state index in [1.807, 2.05) is 29.2 Å². The molecule has 2 aliphatic rings. The summed E-state index contributed by atoms with van der Waals surface area (Å²) in [5, 5.41) is 3.61. The van der Waals surface area contributed by atoms with Crippen LogP contribution < -0.4 is 10.1 Å². The third-order valence-electron chi connectivity index (χ3n) is 4.29. The van der Waals surface area contributed by atoms with Crippen molar-refractivity contribution in [1.29, 1.82) is 0 Å². The van der Waals surface area contributed by atoms with Crippen molar-refractivity contribution in [3.05, 3.63) is 29.8 Å². The van der Waals surface area contributed by atoms with Gasteiger partial charge >= 0.3 is 0 Å². The molecule has 1 amide bonds. The molecule has 1 aliphatic carbocycles. The van der Waals surface area contributed by atoms with E-state index < -0.39 is 0 Å². The van der Waals surface area contributed by atoms with E-state index in [9.17, 15) is 4.79 Å². The summed E-state index contributed by atoms with van der Waals surface area (Å²) in [6.45, 7) is 5.24. The number of ether oxygens (including phenoxy) is 1. The van der Waals surface area contributed by atoms with Gasteiger partial charge in [0.1, 0.15) is 12.4 Å². The molecule has 3 rings (SSSR count). The molecular weight excluding hydrogens is 264 g/mol. The number of fused-ring (bicyclic) bond motifs is 1. The zero-order valence-electron chi connectivity index (χ0n) is 12.7. The van der Waals surface area contributed by atoms with Crippen molar-refractivity contribution in [2.24, 2.45) is 5.92 Å². The Morgan fingerprint density at radius 1 is 1.38 bits per heavy atom. The number of amides is 1. The summed E-state index contributed by atoms with van der Waals surface area (Å²) in [6.07, 6.45) is 3.70. The van der Waals surface area contributed by atoms with E-state index in [0.717, 1.165) is 31.2 Å². The third-order valence-corrected chi connectivity index (χ3v) is 4.29. The van der Waals surface area contributed by atoms with Crippen LogP contribution in [0, 0.1) is 5.92 Å². The molecule has 1 saturated carbocycles. The van der Waals surface area contributed by atoms with Crippen LogP contribution in [0.5, 0.6) is 5.75 Å². The molecule has 1 unspecified atom stereocenters. The molecule has 114 valence electrons. The van der Waals surface area contributed by atoms with Gasteiger partial charge in [0.15, 0.2) is 0 Å². The second kappa shape index (κ2) is 6.48. The topological polar surface area (TPSA) is 41.6 Å². The van der Waals surface area contributed by atoms with Crippen LogP contribution in [0.2, 0.25) is 0 Å². The molecule has 0 radical (unpaired) electrons. The minimum atomic E-state index is 0.104. The monoisotopic (exact) mass is 288 g/mol. The van der Waals surface area contributed by atoms with Crippen molar-refractivity contribution < 1.29 is 9.53 Å². The van der Waals surface area contributed by atoms with Gasteiger partial charge < -0.3 is 15.0 Å². The first-order valence-electron chi connectivity index (χ1n) is 8.04. The van der Waals surface area contributed by atoms with Crippen molar-refractivity contribution in [2.45, 2.75) is 32.2 Å². The van der Waals surface area contributed by atoms with Gasteiger partial charge in [-0.05, 0) is 43.9 Å². The van der Waals surface area contributed by atoms with Gasteiger partial charge in [0.05, 0.1) is 12.1 Å². The van der Waals surface area contributed by atoms with Crippen LogP contribution in [0.1, 0.15) is 36.5 Å². The van der Waals surface area contributed by atoms with Crippen LogP contribution in [-0.2, 0) is 0 Å². The van der Waals surface area contributed by atoms with Crippen molar-refractivity contribution >= 4 is 5.91 Å². The number of benzene rings is 1. The zero-order valence-corrected chi connectivity index (χ0v) is 12.7. The number of para-hydroxylation sites is 1. The molecule has 1 aliphatic heterocycles. The lowest BCUT2D eigenvalue weighted by Gasteiger charge is -2.27. The van der Waals surface area contributed by atoms with Crippen molar-refractivity contribution in [3.63, 3.8) is 0 Å². The highest BCUT2D eigenvalue weighted by molar-refractivity contribution is 5.97. The Kier molecular flexibility index (Phi) is 4.44. The van der Waals surface area contributed by atoms with Crippen LogP contribution in [-0.4, -0.2) is 43.1 Å². The summed E-state index contributed by atoms with van der Waals surface area (Å²) in [7, 11) is 0. The van der Waals surface area contributed by atoms with Crippen molar-refractivity contribution in [2.75, 3.05) is 26.2 Å². The Hall–Kier alpha value is -1.55. The SMILES string of the molecule is CCCNC(CN1CCOc2ccccc2C1=O)C1CC1. The quantitative estimate of drug-likeness (QED) is 0.873. The van der Waals surface area contributed by atoms with Gasteiger partial charge in [0.25, 0.3) is 5.91 Å². The average molecular weight is 288 g/mol. The second-order valence-corrected chi connectivity index (χ2v) is 5.99. The second-order valence-electron chi connectivity index (χ2n) is 5.99. The highest BCUT2D eigenvalue weighted by Crippen LogP contribution is 2.33. The lowest BCUT2D eigenvalue weighted by Crippen LogP contribution is -2.45. The maximum Gasteiger partial charge on any atom is 0.257 e. The van der Waals surface area contributed by atoms with Gasteiger partial charge in [0, 0.05) is 12.6 Å². The van der Waals surface area contributed by atoms with Gasteiger partial charge in [-0.25, -0.2) is 0 Å². The Labute approximate surface area is 126 Å². The van der Waals surface area contributed by atoms with Crippen LogP contribution >= 0.6 is 0 Å². The summed E-state index contributed by atoms with van der Waals surface area (Å²) in [4.78, 5) is 14.7. The fourth-order valence-corrected chi connectivity index (χ4v) is 2.93. The van der Waals surface area contributed by atoms with E-state index in [0.29, 0.717) is 24.8 Å². The van der Waals surface area contributed by atoms with Gasteiger partial charge in [-0.2, -0.15) is 0 Å². The molecule has 0 spiro atoms. The van der Waals surface area contributed by atoms with E-state index >= 15 is 0 Å². The summed E-state index contributed by atoms with van der Waals surface area (Å²) < 4.78 is 5.71. The molecule has 1 atom stereocenters. The number of rotatable bonds is 6. The number of hydrogen-bond acceptors (Lipinski definition) is 3. The first-order chi connectivity index (χ1) is 10.3. The Bertz CT molecular complexity index is 499. The number of nitrogens with zero attached hydrogens (tertiary/aromatic N) is 1. The van der Waals surface area contributed by atoms with Gasteiger partial charge in [-0.15, -0.1) is 0 Å². The molecule has 0 bridgehead atoms. The molecule has 1 heterocycles. The number of nitrogens with one attached hydrogen (secondary N) is 1. The van der Waals surface area contributed by atoms with E-state index in [-0.39, 0.29) is 5.91 Å². The Morgan fingerprint density at radius 3 is 2.95 bits per heavy atom. The predicted molar refractivity (Wildman–Crippen MR) is 82.6 cm³/mol. The number of carbonyl (C=O) groups is 1. The first-order valence-corrected chi connectivity index (χ1v) is 8.04. The standard InChI is InChI=1S/C17H24N2O2/c1-2-9-18-15(13-7-8-13)12-19-10-11-21-16-6-4-3-5-14(16)17(19)20/h3-6,13,15,18H,2,7-12H2,1H3. The predicted octanol–water partition coefficient (Wildman–Crippen LogP) is 2.30. The lowest BCUT2D eigenvalue weighted by atomic mass is 10.1. The average Bonchev–Trinajstić information content (AvgIpc) is 3.34. The van der Waals surface area contributed by atoms with Crippen LogP contribution in [0.25, 0.3) is 0 Å². The van der Waals surface area contributed by atoms with Crippen LogP contribution in [0.15, 0.2) is 24.3 Å². The van der Waals surface area contributed by atoms with E-state index in [1.165, 1.54) is 12.8 Å². The third kappa shape index (κ3) is 3.38. The molecule has 21 heavy (non-hydrogen) atoms. The summed E-state index contributed by atoms with van der Waals surface area (Å²) in [6, 6.07) is 7.99. The molecule has 0 saturated heterocycles. The molecule has 1 aromatic carbocycles. The fourth-order valence-electron chi connectivity index (χ4n) is 2.93. The fraction of sp³-hybridized carbons (Fsp3) is 0.588. The highest BCUT2D eigenvalue weighted by atomic mass is 16.5. The van der Waals surface area contributed by atoms with Gasteiger partial charge in [-0.3, -0.25) is 4.79 Å². The minimum absolute atomic E-state index is 0.104. The summed E-state index contributed by atoms with van der Waals surface area (Å²) in [5.74, 6) is 1.56. The maximum atomic E-state index is 12.7. The van der Waals surface area contributed by atoms with E-state index in [2.05, 4.69) is 12.2 Å². The first kappa shape index (κ1) is 14.4. The van der Waals surface area contributed by atoms with Gasteiger partial charge in [0.2, 0.25) is 0 Å². The molecule has 1 aromatic rings. The Morgan fingerprint density at radius 2 is 2.19 bits per heavy atom. The highest BCUT2D eigenvalue weighted by Gasteiger charge is 2.34. The summed E-state index contributed by atoms with van der Waals surface area (Å²) in [5.41, 5.74) is 0.694. The van der Waals surface area contributed by atoms with Crippen molar-refractivity contribution in [3.8, 4) is 5.75 Å². The Balaban J connectivity index is 1.71. The maximum absolute atomic E-state index is 12.7. The van der Waals surface area contributed by atoms with Crippen LogP contribution in [0.3, 0.4) is 0 Å².